The molecule has 236 valence electrons. The van der Waals surface area contributed by atoms with Crippen molar-refractivity contribution in [1.82, 2.24) is 4.57 Å². The van der Waals surface area contributed by atoms with Gasteiger partial charge in [-0.2, -0.15) is 0 Å². The van der Waals surface area contributed by atoms with Gasteiger partial charge in [-0.15, -0.1) is 0 Å². The summed E-state index contributed by atoms with van der Waals surface area (Å²) in [5.74, 6) is 0. The molecule has 9 aromatic rings. The van der Waals surface area contributed by atoms with Crippen LogP contribution in [0.3, 0.4) is 0 Å². The molecule has 2 aromatic heterocycles. The predicted octanol–water partition coefficient (Wildman–Crippen LogP) is 12.2. The van der Waals surface area contributed by atoms with Crippen molar-refractivity contribution in [2.45, 2.75) is 12.5 Å². The third-order valence-electron chi connectivity index (χ3n) is 10.2. The zero-order valence-corrected chi connectivity index (χ0v) is 27.3. The first-order valence-corrected chi connectivity index (χ1v) is 17.2. The number of dihydropyridines is 1. The average Bonchev–Trinajstić information content (AvgIpc) is 3.74. The summed E-state index contributed by atoms with van der Waals surface area (Å²) < 4.78 is 9.27. The van der Waals surface area contributed by atoms with Crippen molar-refractivity contribution in [3.05, 3.63) is 198 Å². The molecule has 0 aliphatic carbocycles. The topological polar surface area (TPSA) is 30.4 Å². The van der Waals surface area contributed by atoms with E-state index in [0.29, 0.717) is 0 Å². The Balaban J connectivity index is 1.21. The fourth-order valence-electron chi connectivity index (χ4n) is 7.90. The summed E-state index contributed by atoms with van der Waals surface area (Å²) in [6.45, 7) is 0. The summed E-state index contributed by atoms with van der Waals surface area (Å²) in [4.78, 5) is 5.51. The molecule has 0 saturated heterocycles. The second kappa shape index (κ2) is 11.6. The highest BCUT2D eigenvalue weighted by molar-refractivity contribution is 6.38. The zero-order chi connectivity index (χ0) is 33.0. The predicted molar refractivity (Wildman–Crippen MR) is 208 cm³/mol. The lowest BCUT2D eigenvalue weighted by Gasteiger charge is -2.28. The molecule has 1 atom stereocenters. The lowest BCUT2D eigenvalue weighted by molar-refractivity contribution is 0.666. The van der Waals surface area contributed by atoms with Crippen molar-refractivity contribution < 1.29 is 4.42 Å². The average molecular weight is 641 g/mol. The number of furan rings is 1. The minimum Gasteiger partial charge on any atom is -0.454 e. The van der Waals surface area contributed by atoms with Gasteiger partial charge in [0.05, 0.1) is 28.5 Å². The minimum atomic E-state index is 0.00840. The Hall–Kier alpha value is -6.45. The van der Waals surface area contributed by atoms with E-state index < -0.39 is 0 Å². The highest BCUT2D eigenvalue weighted by Crippen LogP contribution is 2.44. The molecule has 0 saturated carbocycles. The van der Waals surface area contributed by atoms with E-state index in [2.05, 4.69) is 180 Å². The van der Waals surface area contributed by atoms with E-state index in [-0.39, 0.29) is 6.04 Å². The van der Waals surface area contributed by atoms with Gasteiger partial charge in [0.1, 0.15) is 5.58 Å². The molecular weight excluding hydrogens is 609 g/mol. The Morgan fingerprint density at radius 2 is 1.10 bits per heavy atom. The van der Waals surface area contributed by atoms with Gasteiger partial charge in [-0.05, 0) is 52.6 Å². The highest BCUT2D eigenvalue weighted by Gasteiger charge is 2.28. The van der Waals surface area contributed by atoms with Gasteiger partial charge in [0.15, 0.2) is 5.58 Å². The van der Waals surface area contributed by atoms with Crippen LogP contribution in [0.2, 0.25) is 0 Å². The molecule has 0 spiro atoms. The Labute approximate surface area is 290 Å². The van der Waals surface area contributed by atoms with Crippen LogP contribution in [0.25, 0.3) is 60.6 Å². The maximum atomic E-state index is 6.93. The standard InChI is InChI=1S/C47H32N2O/c1-4-15-31(16-5-1)39-30-40(32-17-6-2-7-18-32)48-46(33-19-8-3-9-20-33)45(39)34-27-28-37-38-23-14-26-43(47(38)50-44(37)29-34)49-41-24-12-10-21-35(41)36-22-11-13-25-42(36)49/h1-29,40H,30H2/t40-/m1/s1. The first-order valence-electron chi connectivity index (χ1n) is 17.2. The molecule has 0 unspecified atom stereocenters. The lowest BCUT2D eigenvalue weighted by Crippen LogP contribution is -2.16. The number of hydrogen-bond donors (Lipinski definition) is 0. The third kappa shape index (κ3) is 4.55. The van der Waals surface area contributed by atoms with Crippen molar-refractivity contribution >= 4 is 60.6 Å². The van der Waals surface area contributed by atoms with Gasteiger partial charge in [0.25, 0.3) is 0 Å². The van der Waals surface area contributed by atoms with E-state index in [1.807, 2.05) is 0 Å². The lowest BCUT2D eigenvalue weighted by atomic mass is 9.81. The molecule has 3 heteroatoms. The van der Waals surface area contributed by atoms with Gasteiger partial charge >= 0.3 is 0 Å². The molecule has 0 fully saturated rings. The van der Waals surface area contributed by atoms with E-state index in [1.165, 1.54) is 38.5 Å². The van der Waals surface area contributed by atoms with Crippen molar-refractivity contribution in [2.75, 3.05) is 0 Å². The summed E-state index contributed by atoms with van der Waals surface area (Å²) >= 11 is 0. The van der Waals surface area contributed by atoms with Crippen LogP contribution < -0.4 is 0 Å². The number of aromatic nitrogens is 1. The van der Waals surface area contributed by atoms with Gasteiger partial charge in [-0.3, -0.25) is 4.99 Å². The number of nitrogens with zero attached hydrogens (tertiary/aromatic N) is 2. The first kappa shape index (κ1) is 28.6. The largest absolute Gasteiger partial charge is 0.454 e. The Bertz CT molecular complexity index is 2710. The fraction of sp³-hybridized carbons (Fsp3) is 0.0426. The van der Waals surface area contributed by atoms with Gasteiger partial charge in [-0.25, -0.2) is 0 Å². The smallest absolute Gasteiger partial charge is 0.159 e. The van der Waals surface area contributed by atoms with Gasteiger partial charge in [0.2, 0.25) is 0 Å². The van der Waals surface area contributed by atoms with E-state index in [4.69, 9.17) is 9.41 Å². The van der Waals surface area contributed by atoms with Gasteiger partial charge < -0.3 is 8.98 Å². The van der Waals surface area contributed by atoms with Crippen LogP contribution in [-0.4, -0.2) is 10.3 Å². The van der Waals surface area contributed by atoms with Crippen molar-refractivity contribution in [3.63, 3.8) is 0 Å². The molecule has 0 N–H and O–H groups in total. The van der Waals surface area contributed by atoms with Gasteiger partial charge in [0, 0.05) is 39.1 Å². The second-order valence-electron chi connectivity index (χ2n) is 13.0. The maximum absolute atomic E-state index is 6.93. The zero-order valence-electron chi connectivity index (χ0n) is 27.3. The van der Waals surface area contributed by atoms with Crippen molar-refractivity contribution in [1.29, 1.82) is 0 Å². The molecular formula is C47H32N2O. The second-order valence-corrected chi connectivity index (χ2v) is 13.0. The first-order chi connectivity index (χ1) is 24.8. The Morgan fingerprint density at radius 1 is 0.500 bits per heavy atom. The summed E-state index contributed by atoms with van der Waals surface area (Å²) in [7, 11) is 0. The summed E-state index contributed by atoms with van der Waals surface area (Å²) in [5.41, 5.74) is 13.2. The van der Waals surface area contributed by atoms with Crippen molar-refractivity contribution in [3.8, 4) is 5.69 Å². The molecule has 3 heterocycles. The van der Waals surface area contributed by atoms with Crippen molar-refractivity contribution in [2.24, 2.45) is 4.99 Å². The molecule has 0 radical (unpaired) electrons. The summed E-state index contributed by atoms with van der Waals surface area (Å²) in [6, 6.07) is 62.5. The molecule has 50 heavy (non-hydrogen) atoms. The van der Waals surface area contributed by atoms with E-state index in [9.17, 15) is 0 Å². The van der Waals surface area contributed by atoms with E-state index >= 15 is 0 Å². The molecule has 1 aliphatic rings. The number of benzene rings is 7. The van der Waals surface area contributed by atoms with E-state index in [1.54, 1.807) is 0 Å². The molecule has 7 aromatic carbocycles. The number of allylic oxidation sites excluding steroid dienone is 1. The molecule has 0 bridgehead atoms. The van der Waals surface area contributed by atoms with Crippen LogP contribution in [0.1, 0.15) is 34.7 Å². The maximum Gasteiger partial charge on any atom is 0.159 e. The number of hydrogen-bond acceptors (Lipinski definition) is 2. The van der Waals surface area contributed by atoms with Crippen LogP contribution in [-0.2, 0) is 0 Å². The molecule has 1 aliphatic heterocycles. The SMILES string of the molecule is c1ccc(C2=N[C@@H](c3ccccc3)CC(c3ccccc3)=C2c2ccc3c(c2)oc2c(-n4c5ccccc5c5ccccc54)cccc23)cc1. The Kier molecular flexibility index (Phi) is 6.63. The number of fused-ring (bicyclic) bond motifs is 6. The van der Waals surface area contributed by atoms with Crippen LogP contribution in [0.5, 0.6) is 0 Å². The van der Waals surface area contributed by atoms with Crippen LogP contribution in [0, 0.1) is 0 Å². The highest BCUT2D eigenvalue weighted by atomic mass is 16.3. The summed E-state index contributed by atoms with van der Waals surface area (Å²) in [6.07, 6.45) is 0.801. The minimum absolute atomic E-state index is 0.00840. The van der Waals surface area contributed by atoms with Crippen LogP contribution in [0.4, 0.5) is 0 Å². The quantitative estimate of drug-likeness (QED) is 0.184. The molecule has 0 amide bonds. The Morgan fingerprint density at radius 3 is 1.80 bits per heavy atom. The van der Waals surface area contributed by atoms with E-state index in [0.717, 1.165) is 56.5 Å². The summed E-state index contributed by atoms with van der Waals surface area (Å²) in [5, 5.41) is 4.67. The fourth-order valence-corrected chi connectivity index (χ4v) is 7.90. The van der Waals surface area contributed by atoms with Gasteiger partial charge in [-0.1, -0.05) is 146 Å². The number of rotatable bonds is 5. The van der Waals surface area contributed by atoms with Crippen LogP contribution in [0.15, 0.2) is 185 Å². The monoisotopic (exact) mass is 640 g/mol. The normalized spacial score (nSPS) is 15.0. The number of para-hydroxylation sites is 3. The molecule has 3 nitrogen and oxygen atoms in total. The number of aliphatic imine (C=N–C) groups is 1. The molecule has 10 rings (SSSR count). The third-order valence-corrected chi connectivity index (χ3v) is 10.2. The van der Waals surface area contributed by atoms with Crippen LogP contribution >= 0.6 is 0 Å².